The molecule has 2 heterocycles. The molecule has 164 valence electrons. The summed E-state index contributed by atoms with van der Waals surface area (Å²) in [4.78, 5) is 27.5. The van der Waals surface area contributed by atoms with Gasteiger partial charge in [-0.3, -0.25) is 4.79 Å². The van der Waals surface area contributed by atoms with E-state index in [1.165, 1.54) is 18.4 Å². The number of rotatable bonds is 10. The molecule has 2 rings (SSSR count). The van der Waals surface area contributed by atoms with E-state index >= 15 is 0 Å². The molecule has 6 heteroatoms. The molecule has 1 N–H and O–H groups in total. The zero-order chi connectivity index (χ0) is 21.9. The number of carbonyl (C=O) groups excluding carboxylic acids is 2. The fourth-order valence-electron chi connectivity index (χ4n) is 3.39. The van der Waals surface area contributed by atoms with Crippen molar-refractivity contribution in [3.8, 4) is 11.8 Å². The second-order valence-corrected chi connectivity index (χ2v) is 8.88. The molecule has 0 bridgehead atoms. The second kappa shape index (κ2) is 12.6. The summed E-state index contributed by atoms with van der Waals surface area (Å²) in [6.07, 6.45) is 8.86. The van der Waals surface area contributed by atoms with Crippen LogP contribution in [0, 0.1) is 17.8 Å². The van der Waals surface area contributed by atoms with E-state index in [1.807, 2.05) is 30.0 Å². The first-order valence-electron chi connectivity index (χ1n) is 10.7. The number of amides is 1. The molecule has 5 nitrogen and oxygen atoms in total. The maximum Gasteiger partial charge on any atom is 0.348 e. The largest absolute Gasteiger partial charge is 0.465 e. The topological polar surface area (TPSA) is 66.8 Å². The summed E-state index contributed by atoms with van der Waals surface area (Å²) in [6.45, 7) is 4.77. The van der Waals surface area contributed by atoms with E-state index in [2.05, 4.69) is 18.8 Å². The fourth-order valence-corrected chi connectivity index (χ4v) is 4.36. The number of ether oxygens (including phenoxy) is 1. The zero-order valence-electron chi connectivity index (χ0n) is 18.2. The van der Waals surface area contributed by atoms with Gasteiger partial charge in [-0.05, 0) is 43.7 Å². The highest BCUT2D eigenvalue weighted by atomic mass is 32.1. The van der Waals surface area contributed by atoms with Gasteiger partial charge in [0.2, 0.25) is 5.91 Å². The number of aryl methyl sites for hydroxylation is 1. The Kier molecular flexibility index (Phi) is 10.1. The number of hydrogen-bond donors (Lipinski definition) is 1. The van der Waals surface area contributed by atoms with Crippen LogP contribution in [0.4, 0.5) is 0 Å². The lowest BCUT2D eigenvalue weighted by Gasteiger charge is -2.23. The molecule has 30 heavy (non-hydrogen) atoms. The highest BCUT2D eigenvalue weighted by Crippen LogP contribution is 2.23. The van der Waals surface area contributed by atoms with Crippen LogP contribution in [0.5, 0.6) is 0 Å². The molecule has 1 fully saturated rings. The minimum Gasteiger partial charge on any atom is -0.465 e. The number of likely N-dealkylation sites (tertiary alicyclic amines) is 1. The van der Waals surface area contributed by atoms with Crippen molar-refractivity contribution in [3.63, 3.8) is 0 Å². The number of hydrogen-bond acceptors (Lipinski definition) is 5. The predicted octanol–water partition coefficient (Wildman–Crippen LogP) is 4.21. The summed E-state index contributed by atoms with van der Waals surface area (Å²) in [5.41, 5.74) is 0. The van der Waals surface area contributed by atoms with Gasteiger partial charge in [-0.1, -0.05) is 26.0 Å². The Balaban J connectivity index is 1.83. The molecule has 0 aliphatic carbocycles. The molecule has 0 saturated carbocycles. The first kappa shape index (κ1) is 24.2. The number of methoxy groups -OCH3 is 1. The van der Waals surface area contributed by atoms with Crippen molar-refractivity contribution < 1.29 is 19.4 Å². The lowest BCUT2D eigenvalue weighted by molar-refractivity contribution is -0.128. The number of aliphatic hydroxyl groups excluding tert-OH is 1. The average Bonchev–Trinajstić information content (AvgIpc) is 3.36. The number of unbranched alkanes of at least 4 members (excludes halogenated alkanes) is 1. The first-order valence-corrected chi connectivity index (χ1v) is 11.6. The maximum absolute atomic E-state index is 12.3. The van der Waals surface area contributed by atoms with Crippen LogP contribution in [-0.4, -0.2) is 47.7 Å². The van der Waals surface area contributed by atoms with E-state index < -0.39 is 6.10 Å². The Morgan fingerprint density at radius 2 is 2.23 bits per heavy atom. The van der Waals surface area contributed by atoms with Crippen molar-refractivity contribution in [2.24, 2.45) is 5.92 Å². The van der Waals surface area contributed by atoms with Gasteiger partial charge in [-0.2, -0.15) is 0 Å². The van der Waals surface area contributed by atoms with Crippen LogP contribution < -0.4 is 0 Å². The van der Waals surface area contributed by atoms with E-state index in [9.17, 15) is 14.7 Å². The molecular weight excluding hydrogens is 398 g/mol. The molecule has 0 aromatic carbocycles. The number of thiophene rings is 1. The smallest absolute Gasteiger partial charge is 0.348 e. The van der Waals surface area contributed by atoms with Crippen molar-refractivity contribution in [1.82, 2.24) is 4.90 Å². The quantitative estimate of drug-likeness (QED) is 0.342. The van der Waals surface area contributed by atoms with E-state index in [4.69, 9.17) is 4.74 Å². The minimum atomic E-state index is -0.554. The summed E-state index contributed by atoms with van der Waals surface area (Å²) in [7, 11) is 1.38. The van der Waals surface area contributed by atoms with Gasteiger partial charge in [0, 0.05) is 30.7 Å². The highest BCUT2D eigenvalue weighted by molar-refractivity contribution is 7.13. The normalized spacial score (nSPS) is 18.3. The molecule has 1 amide bonds. The molecule has 0 unspecified atom stereocenters. The fraction of sp³-hybridized carbons (Fsp3) is 0.583. The van der Waals surface area contributed by atoms with Crippen LogP contribution in [0.2, 0.25) is 0 Å². The lowest BCUT2D eigenvalue weighted by atomic mass is 10.00. The molecule has 1 aliphatic heterocycles. The van der Waals surface area contributed by atoms with Crippen LogP contribution in [-0.2, 0) is 16.0 Å². The first-order chi connectivity index (χ1) is 14.5. The summed E-state index contributed by atoms with van der Waals surface area (Å²) in [5.74, 6) is 6.17. The summed E-state index contributed by atoms with van der Waals surface area (Å²) >= 11 is 1.44. The number of esters is 1. The third kappa shape index (κ3) is 7.30. The highest BCUT2D eigenvalue weighted by Gasteiger charge is 2.28. The molecule has 1 aromatic heterocycles. The molecule has 0 radical (unpaired) electrons. The Hall–Kier alpha value is -2.10. The van der Waals surface area contributed by atoms with Crippen LogP contribution in [0.25, 0.3) is 0 Å². The Bertz CT molecular complexity index is 789. The predicted molar refractivity (Wildman–Crippen MR) is 120 cm³/mol. The van der Waals surface area contributed by atoms with E-state index in [0.717, 1.165) is 37.0 Å². The second-order valence-electron chi connectivity index (χ2n) is 7.71. The number of nitrogens with zero attached hydrogens (tertiary/aromatic N) is 1. The summed E-state index contributed by atoms with van der Waals surface area (Å²) in [6, 6.07) is 3.77. The van der Waals surface area contributed by atoms with Crippen LogP contribution in [0.15, 0.2) is 24.3 Å². The van der Waals surface area contributed by atoms with Crippen molar-refractivity contribution in [2.45, 2.75) is 70.9 Å². The van der Waals surface area contributed by atoms with Crippen molar-refractivity contribution >= 4 is 23.2 Å². The average molecular weight is 432 g/mol. The van der Waals surface area contributed by atoms with Gasteiger partial charge < -0.3 is 14.7 Å². The Labute approximate surface area is 184 Å². The van der Waals surface area contributed by atoms with Crippen molar-refractivity contribution in [1.29, 1.82) is 0 Å². The summed E-state index contributed by atoms with van der Waals surface area (Å²) < 4.78 is 4.74. The molecule has 1 saturated heterocycles. The van der Waals surface area contributed by atoms with Gasteiger partial charge in [0.1, 0.15) is 4.88 Å². The molecular formula is C24H33NO4S. The Morgan fingerprint density at radius 3 is 2.97 bits per heavy atom. The third-order valence-corrected chi connectivity index (χ3v) is 6.41. The van der Waals surface area contributed by atoms with Crippen molar-refractivity contribution in [3.05, 3.63) is 34.0 Å². The van der Waals surface area contributed by atoms with Crippen molar-refractivity contribution in [2.75, 3.05) is 13.7 Å². The van der Waals surface area contributed by atoms with E-state index in [1.54, 1.807) is 6.07 Å². The van der Waals surface area contributed by atoms with Crippen LogP contribution in [0.1, 0.15) is 66.9 Å². The maximum atomic E-state index is 12.3. The van der Waals surface area contributed by atoms with Gasteiger partial charge in [0.05, 0.1) is 19.3 Å². The van der Waals surface area contributed by atoms with Gasteiger partial charge in [-0.15, -0.1) is 23.2 Å². The minimum absolute atomic E-state index is 0.0412. The standard InChI is InChI=1S/C24H33NO4S/c1-4-5-6-7-9-18(2)21(26)14-11-19-12-16-23(27)25(19)17-8-10-20-13-15-22(30-20)24(28)29-3/h11,13-15,18-19,21,26H,4-5,8-10,12,16-17H2,1-3H3/t18-,19-,21-/m0/s1. The van der Waals surface area contributed by atoms with E-state index in [0.29, 0.717) is 24.3 Å². The third-order valence-electron chi connectivity index (χ3n) is 5.28. The van der Waals surface area contributed by atoms with Gasteiger partial charge in [0.25, 0.3) is 0 Å². The SMILES string of the molecule is CCCC#CC[C@H](C)[C@@H](O)C=C[C@H]1CCC(=O)N1CCCc1ccc(C(=O)OC)s1. The van der Waals surface area contributed by atoms with Gasteiger partial charge in [-0.25, -0.2) is 4.79 Å². The lowest BCUT2D eigenvalue weighted by Crippen LogP contribution is -2.33. The van der Waals surface area contributed by atoms with Crippen LogP contribution >= 0.6 is 11.3 Å². The van der Waals surface area contributed by atoms with E-state index in [-0.39, 0.29) is 23.8 Å². The molecule has 1 aliphatic rings. The number of aliphatic hydroxyl groups is 1. The van der Waals surface area contributed by atoms with Crippen LogP contribution in [0.3, 0.4) is 0 Å². The summed E-state index contributed by atoms with van der Waals surface area (Å²) in [5, 5.41) is 10.4. The van der Waals surface area contributed by atoms with Gasteiger partial charge >= 0.3 is 5.97 Å². The molecule has 3 atom stereocenters. The molecule has 0 spiro atoms. The van der Waals surface area contributed by atoms with Gasteiger partial charge in [0.15, 0.2) is 0 Å². The number of carbonyl (C=O) groups is 2. The Morgan fingerprint density at radius 1 is 1.43 bits per heavy atom. The zero-order valence-corrected chi connectivity index (χ0v) is 19.0. The monoisotopic (exact) mass is 431 g/mol. The molecule has 1 aromatic rings.